The van der Waals surface area contributed by atoms with Gasteiger partial charge in [0, 0.05) is 30.4 Å². The average molecular weight is 225 g/mol. The third kappa shape index (κ3) is 3.63. The van der Waals surface area contributed by atoms with E-state index in [0.29, 0.717) is 0 Å². The molecular weight excluding hydrogens is 198 g/mol. The Balaban J connectivity index is 0.000000509. The Kier molecular flexibility index (Phi) is 7.06. The Morgan fingerprint density at radius 3 is 2.50 bits per heavy atom. The van der Waals surface area contributed by atoms with Crippen LogP contribution in [0.5, 0.6) is 0 Å². The van der Waals surface area contributed by atoms with Gasteiger partial charge in [0.2, 0.25) is 0 Å². The quantitative estimate of drug-likeness (QED) is 0.736. The highest BCUT2D eigenvalue weighted by molar-refractivity contribution is 5.15. The molecule has 0 aromatic carbocycles. The molecule has 0 saturated carbocycles. The minimum absolute atomic E-state index is 0.215. The van der Waals surface area contributed by atoms with Gasteiger partial charge in [0.25, 0.3) is 0 Å². The minimum Gasteiger partial charge on any atom is -0.314 e. The van der Waals surface area contributed by atoms with E-state index in [9.17, 15) is 0 Å². The Morgan fingerprint density at radius 1 is 1.25 bits per heavy atom. The van der Waals surface area contributed by atoms with E-state index in [2.05, 4.69) is 35.0 Å². The third-order valence-corrected chi connectivity index (χ3v) is 2.48. The maximum absolute atomic E-state index is 4.29. The van der Waals surface area contributed by atoms with Crippen molar-refractivity contribution in [2.75, 3.05) is 13.1 Å². The van der Waals surface area contributed by atoms with E-state index in [1.165, 1.54) is 5.69 Å². The average Bonchev–Trinajstić information content (AvgIpc) is 2.74. The van der Waals surface area contributed by atoms with Crippen LogP contribution in [0.3, 0.4) is 0 Å². The first kappa shape index (κ1) is 15.2. The zero-order valence-electron chi connectivity index (χ0n) is 11.7. The summed E-state index contributed by atoms with van der Waals surface area (Å²) in [5.74, 6) is 0. The second-order valence-electron chi connectivity index (χ2n) is 4.00. The van der Waals surface area contributed by atoms with E-state index < -0.39 is 0 Å². The molecule has 3 heteroatoms. The fourth-order valence-electron chi connectivity index (χ4n) is 1.76. The molecule has 1 N–H and O–H groups in total. The van der Waals surface area contributed by atoms with Gasteiger partial charge in [0.1, 0.15) is 0 Å². The SMILES string of the molecule is CC.CC.CC1(C)CNCCn2nccc21. The molecule has 3 nitrogen and oxygen atoms in total. The lowest BCUT2D eigenvalue weighted by atomic mass is 9.89. The fourth-order valence-corrected chi connectivity index (χ4v) is 1.76. The van der Waals surface area contributed by atoms with E-state index in [0.717, 1.165) is 19.6 Å². The molecule has 1 aliphatic rings. The van der Waals surface area contributed by atoms with Crippen LogP contribution in [0, 0.1) is 0 Å². The monoisotopic (exact) mass is 225 g/mol. The highest BCUT2D eigenvalue weighted by Crippen LogP contribution is 2.22. The maximum Gasteiger partial charge on any atom is 0.0537 e. The number of hydrogen-bond donors (Lipinski definition) is 1. The van der Waals surface area contributed by atoms with Gasteiger partial charge in [-0.25, -0.2) is 0 Å². The maximum atomic E-state index is 4.29. The predicted molar refractivity (Wildman–Crippen MR) is 70.8 cm³/mol. The van der Waals surface area contributed by atoms with Crippen molar-refractivity contribution in [3.8, 4) is 0 Å². The molecule has 1 aromatic heterocycles. The number of fused-ring (bicyclic) bond motifs is 1. The van der Waals surface area contributed by atoms with Gasteiger partial charge in [-0.15, -0.1) is 0 Å². The predicted octanol–water partition coefficient (Wildman–Crippen LogP) is 2.82. The molecule has 94 valence electrons. The van der Waals surface area contributed by atoms with Gasteiger partial charge in [0.05, 0.1) is 6.54 Å². The summed E-state index contributed by atoms with van der Waals surface area (Å²) >= 11 is 0. The van der Waals surface area contributed by atoms with E-state index >= 15 is 0 Å². The van der Waals surface area contributed by atoms with Gasteiger partial charge in [-0.2, -0.15) is 5.10 Å². The zero-order chi connectivity index (χ0) is 12.6. The molecule has 2 rings (SSSR count). The molecule has 0 fully saturated rings. The van der Waals surface area contributed by atoms with Crippen molar-refractivity contribution >= 4 is 0 Å². The van der Waals surface area contributed by atoms with E-state index in [4.69, 9.17) is 0 Å². The van der Waals surface area contributed by atoms with Crippen LogP contribution in [0.4, 0.5) is 0 Å². The summed E-state index contributed by atoms with van der Waals surface area (Å²) in [6, 6.07) is 2.12. The molecule has 0 spiro atoms. The van der Waals surface area contributed by atoms with Crippen LogP contribution in [0.1, 0.15) is 47.2 Å². The molecule has 0 unspecified atom stereocenters. The lowest BCUT2D eigenvalue weighted by Crippen LogP contribution is -2.31. The summed E-state index contributed by atoms with van der Waals surface area (Å²) in [7, 11) is 0. The summed E-state index contributed by atoms with van der Waals surface area (Å²) in [6.07, 6.45) is 1.89. The molecule has 1 aromatic rings. The minimum atomic E-state index is 0.215. The largest absolute Gasteiger partial charge is 0.314 e. The van der Waals surface area contributed by atoms with Crippen molar-refractivity contribution in [2.45, 2.75) is 53.5 Å². The normalized spacial score (nSPS) is 16.9. The van der Waals surface area contributed by atoms with Crippen LogP contribution in [-0.4, -0.2) is 22.9 Å². The van der Waals surface area contributed by atoms with Crippen LogP contribution in [0.2, 0.25) is 0 Å². The van der Waals surface area contributed by atoms with E-state index in [1.54, 1.807) is 0 Å². The van der Waals surface area contributed by atoms with Crippen LogP contribution >= 0.6 is 0 Å². The molecule has 0 saturated heterocycles. The number of hydrogen-bond acceptors (Lipinski definition) is 2. The van der Waals surface area contributed by atoms with Crippen LogP contribution in [0.25, 0.3) is 0 Å². The molecule has 0 atom stereocenters. The molecule has 2 heterocycles. The number of nitrogens with zero attached hydrogens (tertiary/aromatic N) is 2. The first-order valence-electron chi connectivity index (χ1n) is 6.43. The van der Waals surface area contributed by atoms with Gasteiger partial charge in [-0.3, -0.25) is 4.68 Å². The van der Waals surface area contributed by atoms with Crippen LogP contribution in [-0.2, 0) is 12.0 Å². The lowest BCUT2D eigenvalue weighted by molar-refractivity contribution is 0.478. The van der Waals surface area contributed by atoms with Crippen molar-refractivity contribution in [3.05, 3.63) is 18.0 Å². The fraction of sp³-hybridized carbons (Fsp3) is 0.769. The molecule has 0 amide bonds. The first-order chi connectivity index (χ1) is 7.70. The Bertz CT molecular complexity index is 276. The molecule has 0 bridgehead atoms. The Labute approximate surface area is 100 Å². The van der Waals surface area contributed by atoms with Crippen LogP contribution < -0.4 is 5.32 Å². The summed E-state index contributed by atoms with van der Waals surface area (Å²) in [5, 5.41) is 7.70. The van der Waals surface area contributed by atoms with Crippen LogP contribution in [0.15, 0.2) is 12.3 Å². The van der Waals surface area contributed by atoms with Crippen molar-refractivity contribution in [1.82, 2.24) is 15.1 Å². The first-order valence-corrected chi connectivity index (χ1v) is 6.43. The zero-order valence-corrected chi connectivity index (χ0v) is 11.7. The molecule has 0 radical (unpaired) electrons. The second-order valence-corrected chi connectivity index (χ2v) is 4.00. The van der Waals surface area contributed by atoms with Crippen molar-refractivity contribution in [1.29, 1.82) is 0 Å². The van der Waals surface area contributed by atoms with Crippen molar-refractivity contribution < 1.29 is 0 Å². The van der Waals surface area contributed by atoms with Gasteiger partial charge >= 0.3 is 0 Å². The Morgan fingerprint density at radius 2 is 1.88 bits per heavy atom. The van der Waals surface area contributed by atoms with Crippen molar-refractivity contribution in [2.24, 2.45) is 0 Å². The van der Waals surface area contributed by atoms with E-state index in [1.807, 2.05) is 33.9 Å². The lowest BCUT2D eigenvalue weighted by Gasteiger charge is -2.22. The summed E-state index contributed by atoms with van der Waals surface area (Å²) in [4.78, 5) is 0. The van der Waals surface area contributed by atoms with Gasteiger partial charge in [0.15, 0.2) is 0 Å². The Hall–Kier alpha value is -0.830. The molecule has 0 aliphatic carbocycles. The topological polar surface area (TPSA) is 29.9 Å². The van der Waals surface area contributed by atoms with Crippen molar-refractivity contribution in [3.63, 3.8) is 0 Å². The second kappa shape index (κ2) is 7.44. The third-order valence-electron chi connectivity index (χ3n) is 2.48. The van der Waals surface area contributed by atoms with Gasteiger partial charge in [-0.05, 0) is 6.07 Å². The van der Waals surface area contributed by atoms with Gasteiger partial charge in [-0.1, -0.05) is 41.5 Å². The molecule has 16 heavy (non-hydrogen) atoms. The number of rotatable bonds is 0. The summed E-state index contributed by atoms with van der Waals surface area (Å²) < 4.78 is 2.10. The van der Waals surface area contributed by atoms with Gasteiger partial charge < -0.3 is 5.32 Å². The molecule has 1 aliphatic heterocycles. The number of nitrogens with one attached hydrogen (secondary N) is 1. The van der Waals surface area contributed by atoms with E-state index in [-0.39, 0.29) is 5.41 Å². The smallest absolute Gasteiger partial charge is 0.0537 e. The summed E-state index contributed by atoms with van der Waals surface area (Å²) in [6.45, 7) is 15.6. The number of aromatic nitrogens is 2. The standard InChI is InChI=1S/C9H15N3.2C2H6/c1-9(2)7-10-5-6-12-8(9)3-4-11-12;2*1-2/h3-4,10H,5-7H2,1-2H3;2*1-2H3. The highest BCUT2D eigenvalue weighted by atomic mass is 15.3. The molecular formula is C13H27N3. The highest BCUT2D eigenvalue weighted by Gasteiger charge is 2.25. The summed E-state index contributed by atoms with van der Waals surface area (Å²) in [5.41, 5.74) is 1.56.